The zero-order chi connectivity index (χ0) is 12.5. The van der Waals surface area contributed by atoms with Crippen LogP contribution in [0, 0.1) is 0 Å². The predicted octanol–water partition coefficient (Wildman–Crippen LogP) is 3.17. The molecule has 2 nitrogen and oxygen atoms in total. The molecule has 0 saturated heterocycles. The molecule has 1 aliphatic rings. The first-order valence-corrected chi connectivity index (χ1v) is 7.06. The van der Waals surface area contributed by atoms with Crippen LogP contribution in [0.4, 0.5) is 0 Å². The van der Waals surface area contributed by atoms with Gasteiger partial charge >= 0.3 is 0 Å². The van der Waals surface area contributed by atoms with Crippen LogP contribution in [0.5, 0.6) is 0 Å². The van der Waals surface area contributed by atoms with Crippen molar-refractivity contribution in [3.05, 3.63) is 58.3 Å². The van der Waals surface area contributed by atoms with Gasteiger partial charge in [0.05, 0.1) is 13.5 Å². The second kappa shape index (κ2) is 4.58. The summed E-state index contributed by atoms with van der Waals surface area (Å²) < 4.78 is 2.28. The van der Waals surface area contributed by atoms with Gasteiger partial charge < -0.3 is 0 Å². The van der Waals surface area contributed by atoms with Crippen LogP contribution in [0.3, 0.4) is 0 Å². The van der Waals surface area contributed by atoms with Crippen molar-refractivity contribution in [2.24, 2.45) is 0 Å². The molecule has 1 aromatic carbocycles. The summed E-state index contributed by atoms with van der Waals surface area (Å²) in [6, 6.07) is 15.5. The molecule has 1 aliphatic heterocycles. The normalized spacial score (nSPS) is 19.7. The third kappa shape index (κ3) is 1.85. The lowest BCUT2D eigenvalue weighted by molar-refractivity contribution is -0.660. The number of nitrogens with zero attached hydrogens (tertiary/aromatic N) is 2. The molecule has 0 fully saturated rings. The monoisotopic (exact) mass is 257 g/mol. The SMILES string of the molecule is CN1C(c2cccs2)CC(c2ccccc2)=[N+]1C. The lowest BCUT2D eigenvalue weighted by Gasteiger charge is -2.15. The number of thiophene rings is 1. The van der Waals surface area contributed by atoms with E-state index in [-0.39, 0.29) is 0 Å². The van der Waals surface area contributed by atoms with Crippen LogP contribution < -0.4 is 0 Å². The summed E-state index contributed by atoms with van der Waals surface area (Å²) in [6.45, 7) is 0. The molecule has 2 heterocycles. The lowest BCUT2D eigenvalue weighted by Crippen LogP contribution is -2.27. The fraction of sp³-hybridized carbons (Fsp3) is 0.267. The average molecular weight is 257 g/mol. The van der Waals surface area contributed by atoms with Gasteiger partial charge in [-0.25, -0.2) is 0 Å². The maximum atomic E-state index is 2.33. The Morgan fingerprint density at radius 3 is 2.61 bits per heavy atom. The van der Waals surface area contributed by atoms with Crippen molar-refractivity contribution in [1.82, 2.24) is 5.01 Å². The minimum atomic E-state index is 0.477. The van der Waals surface area contributed by atoms with E-state index >= 15 is 0 Å². The average Bonchev–Trinajstić information content (AvgIpc) is 3.01. The second-order valence-electron chi connectivity index (χ2n) is 4.65. The molecule has 0 bridgehead atoms. The van der Waals surface area contributed by atoms with E-state index in [1.165, 1.54) is 16.2 Å². The molecule has 0 N–H and O–H groups in total. The number of hydrogen-bond acceptors (Lipinski definition) is 2. The van der Waals surface area contributed by atoms with E-state index < -0.39 is 0 Å². The van der Waals surface area contributed by atoms with Crippen LogP contribution >= 0.6 is 11.3 Å². The first kappa shape index (κ1) is 11.5. The summed E-state index contributed by atoms with van der Waals surface area (Å²) in [4.78, 5) is 1.44. The number of hydrazone groups is 1. The summed E-state index contributed by atoms with van der Waals surface area (Å²) >= 11 is 1.84. The van der Waals surface area contributed by atoms with Crippen molar-refractivity contribution in [2.45, 2.75) is 12.5 Å². The molecule has 92 valence electrons. The lowest BCUT2D eigenvalue weighted by atomic mass is 10.0. The molecule has 0 aliphatic carbocycles. The van der Waals surface area contributed by atoms with Gasteiger partial charge in [0.15, 0.2) is 7.05 Å². The number of hydrogen-bond donors (Lipinski definition) is 0. The molecular weight excluding hydrogens is 240 g/mol. The first-order valence-electron chi connectivity index (χ1n) is 6.18. The van der Waals surface area contributed by atoms with Crippen molar-refractivity contribution >= 4 is 17.0 Å². The minimum absolute atomic E-state index is 0.477. The smallest absolute Gasteiger partial charge is 0.180 e. The Balaban J connectivity index is 1.94. The van der Waals surface area contributed by atoms with E-state index in [2.05, 4.69) is 71.6 Å². The molecule has 0 spiro atoms. The third-order valence-electron chi connectivity index (χ3n) is 3.68. The summed E-state index contributed by atoms with van der Waals surface area (Å²) in [5, 5.41) is 4.48. The highest BCUT2D eigenvalue weighted by Gasteiger charge is 2.36. The number of hydrazine groups is 1. The van der Waals surface area contributed by atoms with Gasteiger partial charge in [-0.15, -0.1) is 16.0 Å². The van der Waals surface area contributed by atoms with Crippen LogP contribution in [0.2, 0.25) is 0 Å². The predicted molar refractivity (Wildman–Crippen MR) is 76.2 cm³/mol. The van der Waals surface area contributed by atoms with E-state index in [1.807, 2.05) is 11.3 Å². The molecule has 1 atom stereocenters. The molecule has 3 rings (SSSR count). The van der Waals surface area contributed by atoms with Crippen molar-refractivity contribution in [3.63, 3.8) is 0 Å². The molecule has 0 saturated carbocycles. The Morgan fingerprint density at radius 1 is 1.17 bits per heavy atom. The van der Waals surface area contributed by atoms with Gasteiger partial charge in [-0.3, -0.25) is 0 Å². The quantitative estimate of drug-likeness (QED) is 0.749. The zero-order valence-electron chi connectivity index (χ0n) is 10.7. The van der Waals surface area contributed by atoms with Gasteiger partial charge in [-0.1, -0.05) is 24.3 Å². The van der Waals surface area contributed by atoms with E-state index in [0.717, 1.165) is 6.42 Å². The number of benzene rings is 1. The molecule has 0 amide bonds. The van der Waals surface area contributed by atoms with Crippen molar-refractivity contribution in [2.75, 3.05) is 14.1 Å². The van der Waals surface area contributed by atoms with Crippen LogP contribution in [0.15, 0.2) is 47.8 Å². The maximum absolute atomic E-state index is 2.33. The maximum Gasteiger partial charge on any atom is 0.215 e. The first-order chi connectivity index (χ1) is 8.77. The topological polar surface area (TPSA) is 6.25 Å². The van der Waals surface area contributed by atoms with Crippen molar-refractivity contribution < 1.29 is 4.68 Å². The van der Waals surface area contributed by atoms with Crippen LogP contribution in [0.1, 0.15) is 22.9 Å². The van der Waals surface area contributed by atoms with Crippen molar-refractivity contribution in [1.29, 1.82) is 0 Å². The molecule has 1 aromatic heterocycles. The van der Waals surface area contributed by atoms with E-state index in [9.17, 15) is 0 Å². The zero-order valence-corrected chi connectivity index (χ0v) is 11.5. The molecule has 3 heteroatoms. The molecule has 0 radical (unpaired) electrons. The Morgan fingerprint density at radius 2 is 1.94 bits per heavy atom. The fourth-order valence-electron chi connectivity index (χ4n) is 2.55. The van der Waals surface area contributed by atoms with E-state index in [1.54, 1.807) is 0 Å². The van der Waals surface area contributed by atoms with E-state index in [0.29, 0.717) is 6.04 Å². The van der Waals surface area contributed by atoms with Crippen molar-refractivity contribution in [3.8, 4) is 0 Å². The number of rotatable bonds is 2. The highest BCUT2D eigenvalue weighted by molar-refractivity contribution is 7.10. The Bertz CT molecular complexity index is 557. The molecule has 18 heavy (non-hydrogen) atoms. The summed E-state index contributed by atoms with van der Waals surface area (Å²) in [7, 11) is 4.32. The fourth-order valence-corrected chi connectivity index (χ4v) is 3.41. The van der Waals surface area contributed by atoms with Gasteiger partial charge in [-0.05, 0) is 23.6 Å². The Labute approximate surface area is 112 Å². The van der Waals surface area contributed by atoms with Gasteiger partial charge in [0.2, 0.25) is 5.71 Å². The minimum Gasteiger partial charge on any atom is -0.180 e. The third-order valence-corrected chi connectivity index (χ3v) is 4.65. The van der Waals surface area contributed by atoms with Gasteiger partial charge in [0.1, 0.15) is 6.04 Å². The summed E-state index contributed by atoms with van der Waals surface area (Å²) in [5.74, 6) is 0. The Hall–Kier alpha value is -1.61. The second-order valence-corrected chi connectivity index (χ2v) is 5.62. The highest BCUT2D eigenvalue weighted by atomic mass is 32.1. The highest BCUT2D eigenvalue weighted by Crippen LogP contribution is 2.32. The summed E-state index contributed by atoms with van der Waals surface area (Å²) in [5.41, 5.74) is 2.72. The standard InChI is InChI=1S/C15H17N2S/c1-16-13(12-7-4-3-5-8-12)11-14(17(16)2)15-9-6-10-18-15/h3-10,14H,11H2,1-2H3/q+1. The van der Waals surface area contributed by atoms with Crippen LogP contribution in [-0.4, -0.2) is 29.5 Å². The molecule has 1 unspecified atom stereocenters. The van der Waals surface area contributed by atoms with Gasteiger partial charge in [0.25, 0.3) is 0 Å². The van der Waals surface area contributed by atoms with Gasteiger partial charge in [-0.2, -0.15) is 5.01 Å². The molecule has 2 aromatic rings. The van der Waals surface area contributed by atoms with Crippen LogP contribution in [0.25, 0.3) is 0 Å². The van der Waals surface area contributed by atoms with Gasteiger partial charge in [0, 0.05) is 10.4 Å². The van der Waals surface area contributed by atoms with Crippen LogP contribution in [-0.2, 0) is 0 Å². The largest absolute Gasteiger partial charge is 0.215 e. The Kier molecular flexibility index (Phi) is 2.92. The summed E-state index contributed by atoms with van der Waals surface area (Å²) in [6.07, 6.45) is 1.08. The van der Waals surface area contributed by atoms with E-state index in [4.69, 9.17) is 0 Å². The molecular formula is C15H17N2S+.